The van der Waals surface area contributed by atoms with Crippen molar-refractivity contribution in [1.29, 1.82) is 0 Å². The molecule has 28 heavy (non-hydrogen) atoms. The average molecular weight is 398 g/mol. The molecular formula is C21H16F6O. The average Bonchev–Trinajstić information content (AvgIpc) is 2.63. The molecule has 0 aliphatic rings. The first-order valence-electron chi connectivity index (χ1n) is 8.09. The van der Waals surface area contributed by atoms with Gasteiger partial charge in [0.25, 0.3) is 0 Å². The molecule has 0 atom stereocenters. The van der Waals surface area contributed by atoms with Crippen molar-refractivity contribution in [2.24, 2.45) is 0 Å². The van der Waals surface area contributed by atoms with Gasteiger partial charge in [0.2, 0.25) is 5.41 Å². The second kappa shape index (κ2) is 8.37. The predicted octanol–water partition coefficient (Wildman–Crippen LogP) is 6.49. The second-order valence-electron chi connectivity index (χ2n) is 5.81. The Balaban J connectivity index is 0.000000336. The van der Waals surface area contributed by atoms with Crippen LogP contribution in [0.1, 0.15) is 11.1 Å². The maximum absolute atomic E-state index is 13.5. The first-order valence-corrected chi connectivity index (χ1v) is 8.09. The molecule has 0 saturated heterocycles. The number of alkyl halides is 6. The van der Waals surface area contributed by atoms with Crippen LogP contribution in [0.25, 0.3) is 0 Å². The fourth-order valence-corrected chi connectivity index (χ4v) is 2.79. The first-order chi connectivity index (χ1) is 13.1. The highest BCUT2D eigenvalue weighted by atomic mass is 19.4. The van der Waals surface area contributed by atoms with Gasteiger partial charge in [0, 0.05) is 0 Å². The summed E-state index contributed by atoms with van der Waals surface area (Å²) in [5, 5.41) is 8.63. The summed E-state index contributed by atoms with van der Waals surface area (Å²) in [6.45, 7) is 0. The molecule has 0 aliphatic carbocycles. The number of hydrogen-bond acceptors (Lipinski definition) is 1. The number of phenolic OH excluding ortho intramolecular Hbond substituents is 1. The number of phenols is 1. The molecule has 0 heterocycles. The Bertz CT molecular complexity index is 787. The smallest absolute Gasteiger partial charge is 0.411 e. The number of para-hydroxylation sites is 1. The fourth-order valence-electron chi connectivity index (χ4n) is 2.79. The molecule has 0 fully saturated rings. The SMILES string of the molecule is FC(F)(F)C(c1ccccc1)(c1ccccc1)C(F)(F)F.Oc1ccccc1. The maximum atomic E-state index is 13.5. The topological polar surface area (TPSA) is 20.2 Å². The maximum Gasteiger partial charge on any atom is 0.411 e. The lowest BCUT2D eigenvalue weighted by atomic mass is 9.73. The van der Waals surface area contributed by atoms with Gasteiger partial charge in [-0.2, -0.15) is 26.3 Å². The van der Waals surface area contributed by atoms with Crippen LogP contribution in [0.2, 0.25) is 0 Å². The number of hydrogen-bond donors (Lipinski definition) is 1. The van der Waals surface area contributed by atoms with Gasteiger partial charge in [-0.1, -0.05) is 78.9 Å². The molecular weight excluding hydrogens is 382 g/mol. The zero-order chi connectivity index (χ0) is 20.8. The van der Waals surface area contributed by atoms with Gasteiger partial charge in [-0.25, -0.2) is 0 Å². The summed E-state index contributed by atoms with van der Waals surface area (Å²) in [7, 11) is 0. The number of aromatic hydroxyl groups is 1. The standard InChI is InChI=1S/C15H10F6.C6H6O/c16-14(17,18)13(15(19,20)21,11-7-3-1-4-8-11)12-9-5-2-6-10-12;7-6-4-2-1-3-5-6/h1-10H;1-5,7H. The van der Waals surface area contributed by atoms with Crippen molar-refractivity contribution >= 4 is 0 Å². The zero-order valence-electron chi connectivity index (χ0n) is 14.4. The highest BCUT2D eigenvalue weighted by molar-refractivity contribution is 5.43. The van der Waals surface area contributed by atoms with Crippen molar-refractivity contribution in [2.45, 2.75) is 17.8 Å². The Kier molecular flexibility index (Phi) is 6.38. The van der Waals surface area contributed by atoms with Crippen molar-refractivity contribution in [2.75, 3.05) is 0 Å². The summed E-state index contributed by atoms with van der Waals surface area (Å²) in [6, 6.07) is 19.4. The molecule has 1 N–H and O–H groups in total. The van der Waals surface area contributed by atoms with E-state index < -0.39 is 28.9 Å². The van der Waals surface area contributed by atoms with Crippen molar-refractivity contribution in [3.63, 3.8) is 0 Å². The molecule has 0 saturated carbocycles. The lowest BCUT2D eigenvalue weighted by molar-refractivity contribution is -0.288. The third kappa shape index (κ3) is 4.30. The van der Waals surface area contributed by atoms with Gasteiger partial charge in [0.15, 0.2) is 0 Å². The van der Waals surface area contributed by atoms with Gasteiger partial charge < -0.3 is 5.11 Å². The molecule has 0 spiro atoms. The van der Waals surface area contributed by atoms with E-state index in [1.807, 2.05) is 6.07 Å². The Morgan fingerprint density at radius 2 is 0.750 bits per heavy atom. The van der Waals surface area contributed by atoms with Crippen LogP contribution in [0, 0.1) is 0 Å². The molecule has 7 heteroatoms. The molecule has 3 rings (SSSR count). The summed E-state index contributed by atoms with van der Waals surface area (Å²) >= 11 is 0. The van der Waals surface area contributed by atoms with Gasteiger partial charge in [-0.15, -0.1) is 0 Å². The minimum Gasteiger partial charge on any atom is -0.508 e. The lowest BCUT2D eigenvalue weighted by Crippen LogP contribution is -2.54. The van der Waals surface area contributed by atoms with Crippen LogP contribution in [0.4, 0.5) is 26.3 Å². The highest BCUT2D eigenvalue weighted by Gasteiger charge is 2.72. The van der Waals surface area contributed by atoms with Crippen LogP contribution in [-0.4, -0.2) is 17.5 Å². The van der Waals surface area contributed by atoms with Crippen LogP contribution in [0.5, 0.6) is 5.75 Å². The summed E-state index contributed by atoms with van der Waals surface area (Å²) in [6.07, 6.45) is -11.0. The monoisotopic (exact) mass is 398 g/mol. The van der Waals surface area contributed by atoms with E-state index in [2.05, 4.69) is 0 Å². The predicted molar refractivity (Wildman–Crippen MR) is 93.9 cm³/mol. The van der Waals surface area contributed by atoms with E-state index in [0.717, 1.165) is 48.5 Å². The molecule has 0 unspecified atom stereocenters. The van der Waals surface area contributed by atoms with Gasteiger partial charge in [0.05, 0.1) is 0 Å². The molecule has 0 amide bonds. The van der Waals surface area contributed by atoms with E-state index in [0.29, 0.717) is 5.75 Å². The molecule has 0 bridgehead atoms. The number of benzene rings is 3. The van der Waals surface area contributed by atoms with E-state index in [4.69, 9.17) is 5.11 Å². The Morgan fingerprint density at radius 3 is 0.964 bits per heavy atom. The summed E-state index contributed by atoms with van der Waals surface area (Å²) in [5.74, 6) is 0.322. The first kappa shape index (κ1) is 21.3. The van der Waals surface area contributed by atoms with Gasteiger partial charge in [0.1, 0.15) is 5.75 Å². The van der Waals surface area contributed by atoms with E-state index in [-0.39, 0.29) is 0 Å². The second-order valence-corrected chi connectivity index (χ2v) is 5.81. The molecule has 148 valence electrons. The van der Waals surface area contributed by atoms with E-state index in [9.17, 15) is 26.3 Å². The van der Waals surface area contributed by atoms with Crippen molar-refractivity contribution in [3.8, 4) is 5.75 Å². The van der Waals surface area contributed by atoms with Gasteiger partial charge in [-0.05, 0) is 23.3 Å². The molecule has 3 aromatic rings. The minimum absolute atomic E-state index is 0.322. The molecule has 0 aliphatic heterocycles. The van der Waals surface area contributed by atoms with Crippen molar-refractivity contribution in [1.82, 2.24) is 0 Å². The zero-order valence-corrected chi connectivity index (χ0v) is 14.4. The van der Waals surface area contributed by atoms with Crippen LogP contribution in [0.15, 0.2) is 91.0 Å². The fraction of sp³-hybridized carbons (Fsp3) is 0.143. The third-order valence-corrected chi connectivity index (χ3v) is 4.02. The number of rotatable bonds is 2. The quantitative estimate of drug-likeness (QED) is 0.489. The van der Waals surface area contributed by atoms with E-state index >= 15 is 0 Å². The van der Waals surface area contributed by atoms with Crippen LogP contribution in [-0.2, 0) is 5.41 Å². The number of halogens is 6. The summed E-state index contributed by atoms with van der Waals surface area (Å²) in [4.78, 5) is 0. The Labute approximate surface area is 157 Å². The van der Waals surface area contributed by atoms with E-state index in [1.165, 1.54) is 12.1 Å². The van der Waals surface area contributed by atoms with Crippen molar-refractivity contribution in [3.05, 3.63) is 102 Å². The highest BCUT2D eigenvalue weighted by Crippen LogP contribution is 2.55. The van der Waals surface area contributed by atoms with Gasteiger partial charge >= 0.3 is 12.4 Å². The summed E-state index contributed by atoms with van der Waals surface area (Å²) in [5.41, 5.74) is -5.74. The van der Waals surface area contributed by atoms with Crippen LogP contribution in [0.3, 0.4) is 0 Å². The third-order valence-electron chi connectivity index (χ3n) is 4.02. The van der Waals surface area contributed by atoms with Crippen LogP contribution >= 0.6 is 0 Å². The van der Waals surface area contributed by atoms with Gasteiger partial charge in [-0.3, -0.25) is 0 Å². The Morgan fingerprint density at radius 1 is 0.464 bits per heavy atom. The summed E-state index contributed by atoms with van der Waals surface area (Å²) < 4.78 is 81.1. The lowest BCUT2D eigenvalue weighted by Gasteiger charge is -2.38. The Hall–Kier alpha value is -2.96. The minimum atomic E-state index is -5.52. The molecule has 3 aromatic carbocycles. The molecule has 0 aromatic heterocycles. The largest absolute Gasteiger partial charge is 0.508 e. The normalized spacial score (nSPS) is 12.1. The van der Waals surface area contributed by atoms with Crippen LogP contribution < -0.4 is 0 Å². The van der Waals surface area contributed by atoms with E-state index in [1.54, 1.807) is 24.3 Å². The van der Waals surface area contributed by atoms with Crippen molar-refractivity contribution < 1.29 is 31.4 Å². The molecule has 1 nitrogen and oxygen atoms in total. The molecule has 0 radical (unpaired) electrons.